The van der Waals surface area contributed by atoms with E-state index in [-0.39, 0.29) is 0 Å². The van der Waals surface area contributed by atoms with Gasteiger partial charge in [-0.3, -0.25) is 4.68 Å². The second-order valence-corrected chi connectivity index (χ2v) is 5.71. The molecule has 3 aromatic heterocycles. The van der Waals surface area contributed by atoms with Gasteiger partial charge in [-0.1, -0.05) is 0 Å². The Labute approximate surface area is 142 Å². The monoisotopic (exact) mass is 338 g/mol. The number of fused-ring (bicyclic) bond motifs is 2. The number of nitrogens with one attached hydrogen (secondary N) is 1. The second kappa shape index (κ2) is 5.66. The van der Waals surface area contributed by atoms with E-state index in [4.69, 9.17) is 4.74 Å². The molecule has 25 heavy (non-hydrogen) atoms. The molecule has 8 heteroatoms. The summed E-state index contributed by atoms with van der Waals surface area (Å²) in [7, 11) is 3.29. The molecule has 0 spiro atoms. The topological polar surface area (TPSA) is 77.8 Å². The Morgan fingerprint density at radius 2 is 2.04 bits per heavy atom. The first-order valence-corrected chi connectivity index (χ1v) is 7.61. The largest absolute Gasteiger partial charge is 0.480 e. The molecule has 7 nitrogen and oxygen atoms in total. The molecule has 0 amide bonds. The maximum atomic E-state index is 14.3. The molecule has 0 aliphatic heterocycles. The fourth-order valence-electron chi connectivity index (χ4n) is 2.83. The van der Waals surface area contributed by atoms with E-state index >= 15 is 0 Å². The molecule has 0 bridgehead atoms. The van der Waals surface area contributed by atoms with Crippen molar-refractivity contribution in [2.45, 2.75) is 6.92 Å². The average molecular weight is 338 g/mol. The van der Waals surface area contributed by atoms with Crippen molar-refractivity contribution in [3.8, 4) is 5.88 Å². The Morgan fingerprint density at radius 3 is 2.84 bits per heavy atom. The molecule has 0 saturated heterocycles. The summed E-state index contributed by atoms with van der Waals surface area (Å²) in [6.45, 7) is 1.86. The highest BCUT2D eigenvalue weighted by Gasteiger charge is 2.14. The maximum Gasteiger partial charge on any atom is 0.226 e. The van der Waals surface area contributed by atoms with Crippen LogP contribution in [0.25, 0.3) is 21.8 Å². The van der Waals surface area contributed by atoms with Crippen LogP contribution < -0.4 is 10.1 Å². The molecule has 0 radical (unpaired) electrons. The van der Waals surface area contributed by atoms with Crippen molar-refractivity contribution in [1.82, 2.24) is 24.7 Å². The number of hydrogen-bond donors (Lipinski definition) is 1. The average Bonchev–Trinajstić information content (AvgIpc) is 2.95. The quantitative estimate of drug-likeness (QED) is 0.618. The molecule has 126 valence electrons. The minimum atomic E-state index is -0.403. The fraction of sp³-hybridized carbons (Fsp3) is 0.176. The number of aromatic nitrogens is 5. The second-order valence-electron chi connectivity index (χ2n) is 5.71. The summed E-state index contributed by atoms with van der Waals surface area (Å²) in [6.07, 6.45) is 3.20. The van der Waals surface area contributed by atoms with E-state index in [9.17, 15) is 4.39 Å². The molecular formula is C17H15FN6O. The van der Waals surface area contributed by atoms with E-state index in [2.05, 4.69) is 25.4 Å². The molecule has 3 heterocycles. The van der Waals surface area contributed by atoms with Gasteiger partial charge in [0.05, 0.1) is 12.6 Å². The van der Waals surface area contributed by atoms with Crippen molar-refractivity contribution < 1.29 is 9.13 Å². The number of rotatable bonds is 3. The number of pyridine rings is 1. The Balaban J connectivity index is 1.86. The first kappa shape index (κ1) is 15.3. The summed E-state index contributed by atoms with van der Waals surface area (Å²) >= 11 is 0. The van der Waals surface area contributed by atoms with Gasteiger partial charge in [0.2, 0.25) is 5.88 Å². The zero-order valence-corrected chi connectivity index (χ0v) is 13.9. The predicted molar refractivity (Wildman–Crippen MR) is 92.6 cm³/mol. The summed E-state index contributed by atoms with van der Waals surface area (Å²) in [4.78, 5) is 12.9. The third-order valence-electron chi connectivity index (χ3n) is 3.85. The van der Waals surface area contributed by atoms with Crippen LogP contribution in [0.2, 0.25) is 0 Å². The van der Waals surface area contributed by atoms with E-state index in [0.717, 1.165) is 5.69 Å². The normalized spacial score (nSPS) is 11.2. The Bertz CT molecular complexity index is 1110. The molecule has 0 atom stereocenters. The molecule has 0 aliphatic rings. The number of hydrogen-bond acceptors (Lipinski definition) is 6. The van der Waals surface area contributed by atoms with Crippen molar-refractivity contribution in [1.29, 1.82) is 0 Å². The molecule has 0 saturated carbocycles. The lowest BCUT2D eigenvalue weighted by Crippen LogP contribution is -2.00. The molecule has 0 fully saturated rings. The Hall–Kier alpha value is -3.29. The predicted octanol–water partition coefficient (Wildman–Crippen LogP) is 3.11. The van der Waals surface area contributed by atoms with Crippen LogP contribution in [0.4, 0.5) is 15.9 Å². The summed E-state index contributed by atoms with van der Waals surface area (Å²) < 4.78 is 21.2. The van der Waals surface area contributed by atoms with Crippen LogP contribution in [0.15, 0.2) is 30.7 Å². The van der Waals surface area contributed by atoms with Gasteiger partial charge in [-0.15, -0.1) is 0 Å². The van der Waals surface area contributed by atoms with Gasteiger partial charge >= 0.3 is 0 Å². The summed E-state index contributed by atoms with van der Waals surface area (Å²) in [5.41, 5.74) is 2.37. The lowest BCUT2D eigenvalue weighted by atomic mass is 10.2. The minimum absolute atomic E-state index is 0.329. The standard InChI is InChI=1S/C17H15FN6O/c1-9-4-13-14(17(21-9)25-3)16(20-8-19-13)22-11-5-10-7-24(2)23-15(10)12(18)6-11/h4-8H,1-3H3,(H,19,20,22). The molecular weight excluding hydrogens is 323 g/mol. The summed E-state index contributed by atoms with van der Waals surface area (Å²) in [5, 5.41) is 8.58. The van der Waals surface area contributed by atoms with Gasteiger partial charge < -0.3 is 10.1 Å². The lowest BCUT2D eigenvalue weighted by Gasteiger charge is -2.11. The van der Waals surface area contributed by atoms with Crippen molar-refractivity contribution in [2.75, 3.05) is 12.4 Å². The third-order valence-corrected chi connectivity index (χ3v) is 3.85. The number of methoxy groups -OCH3 is 1. The highest BCUT2D eigenvalue weighted by Crippen LogP contribution is 2.31. The summed E-state index contributed by atoms with van der Waals surface area (Å²) in [6, 6.07) is 5.04. The van der Waals surface area contributed by atoms with E-state index < -0.39 is 5.82 Å². The molecule has 0 aliphatic carbocycles. The van der Waals surface area contributed by atoms with Gasteiger partial charge in [0.25, 0.3) is 0 Å². The molecule has 1 N–H and O–H groups in total. The number of aryl methyl sites for hydroxylation is 2. The van der Waals surface area contributed by atoms with Crippen LogP contribution in [-0.2, 0) is 7.05 Å². The van der Waals surface area contributed by atoms with Crippen LogP contribution in [-0.4, -0.2) is 31.8 Å². The molecule has 4 aromatic rings. The molecule has 0 unspecified atom stereocenters. The number of anilines is 2. The fourth-order valence-corrected chi connectivity index (χ4v) is 2.83. The van der Waals surface area contributed by atoms with Gasteiger partial charge in [-0.2, -0.15) is 5.10 Å². The molecule has 1 aromatic carbocycles. The zero-order chi connectivity index (χ0) is 17.6. The van der Waals surface area contributed by atoms with E-state index in [1.807, 2.05) is 19.1 Å². The molecule has 4 rings (SSSR count). The Kier molecular flexibility index (Phi) is 3.45. The van der Waals surface area contributed by atoms with Gasteiger partial charge in [0, 0.05) is 30.0 Å². The third kappa shape index (κ3) is 2.61. The van der Waals surface area contributed by atoms with Crippen LogP contribution in [0.1, 0.15) is 5.69 Å². The highest BCUT2D eigenvalue weighted by molar-refractivity contribution is 5.95. The first-order valence-electron chi connectivity index (χ1n) is 7.61. The number of halogens is 1. The van der Waals surface area contributed by atoms with E-state index in [1.165, 1.54) is 12.4 Å². The maximum absolute atomic E-state index is 14.3. The summed E-state index contributed by atoms with van der Waals surface area (Å²) in [5.74, 6) is 0.512. The highest BCUT2D eigenvalue weighted by atomic mass is 19.1. The van der Waals surface area contributed by atoms with Crippen molar-refractivity contribution in [3.05, 3.63) is 42.2 Å². The van der Waals surface area contributed by atoms with Crippen molar-refractivity contribution in [3.63, 3.8) is 0 Å². The van der Waals surface area contributed by atoms with Gasteiger partial charge in [-0.05, 0) is 25.1 Å². The van der Waals surface area contributed by atoms with Crippen molar-refractivity contribution >= 4 is 33.3 Å². The van der Waals surface area contributed by atoms with Crippen LogP contribution in [0, 0.1) is 12.7 Å². The SMILES string of the molecule is COc1nc(C)cc2ncnc(Nc3cc(F)c4nn(C)cc4c3)c12. The number of benzene rings is 1. The van der Waals surface area contributed by atoms with Crippen molar-refractivity contribution in [2.24, 2.45) is 7.05 Å². The Morgan fingerprint density at radius 1 is 1.20 bits per heavy atom. The minimum Gasteiger partial charge on any atom is -0.480 e. The smallest absolute Gasteiger partial charge is 0.226 e. The number of ether oxygens (including phenoxy) is 1. The lowest BCUT2D eigenvalue weighted by molar-refractivity contribution is 0.402. The van der Waals surface area contributed by atoms with Crippen LogP contribution in [0.5, 0.6) is 5.88 Å². The number of nitrogens with zero attached hydrogens (tertiary/aromatic N) is 5. The van der Waals surface area contributed by atoms with Gasteiger partial charge in [0.15, 0.2) is 5.82 Å². The van der Waals surface area contributed by atoms with Gasteiger partial charge in [0.1, 0.15) is 23.0 Å². The van der Waals surface area contributed by atoms with Gasteiger partial charge in [-0.25, -0.2) is 19.3 Å². The van der Waals surface area contributed by atoms with Crippen LogP contribution in [0.3, 0.4) is 0 Å². The first-order chi connectivity index (χ1) is 12.0. The van der Waals surface area contributed by atoms with E-state index in [0.29, 0.717) is 39.2 Å². The van der Waals surface area contributed by atoms with Crippen LogP contribution >= 0.6 is 0 Å². The zero-order valence-electron chi connectivity index (χ0n) is 13.9. The van der Waals surface area contributed by atoms with E-state index in [1.54, 1.807) is 25.0 Å².